The van der Waals surface area contributed by atoms with E-state index >= 15 is 0 Å². The van der Waals surface area contributed by atoms with Gasteiger partial charge in [-0.1, -0.05) is 0 Å². The number of aryl methyl sites for hydroxylation is 1. The molecule has 2 N–H and O–H groups in total. The number of rotatable bonds is 3. The molecule has 0 aliphatic carbocycles. The zero-order valence-corrected chi connectivity index (χ0v) is 10.2. The van der Waals surface area contributed by atoms with Crippen molar-refractivity contribution in [2.45, 2.75) is 6.10 Å². The Labute approximate surface area is 95.6 Å². The van der Waals surface area contributed by atoms with E-state index in [1.54, 1.807) is 24.1 Å². The van der Waals surface area contributed by atoms with Crippen molar-refractivity contribution in [3.63, 3.8) is 0 Å². The van der Waals surface area contributed by atoms with Gasteiger partial charge in [0, 0.05) is 46.5 Å². The molecule has 1 aromatic heterocycles. The molecule has 1 rings (SSSR count). The topological polar surface area (TPSA) is 65.7 Å². The van der Waals surface area contributed by atoms with Gasteiger partial charge in [0.15, 0.2) is 5.96 Å². The second-order valence-corrected chi connectivity index (χ2v) is 3.79. The SMILES string of the molecule is CN=C(NCC(O)c1cnn(C)c1)N(C)C. The Morgan fingerprint density at radius 2 is 2.38 bits per heavy atom. The lowest BCUT2D eigenvalue weighted by molar-refractivity contribution is 0.180. The van der Waals surface area contributed by atoms with Crippen LogP contribution in [0.1, 0.15) is 11.7 Å². The first-order valence-electron chi connectivity index (χ1n) is 5.09. The molecule has 0 saturated carbocycles. The van der Waals surface area contributed by atoms with Crippen LogP contribution >= 0.6 is 0 Å². The fourth-order valence-electron chi connectivity index (χ4n) is 1.36. The zero-order valence-electron chi connectivity index (χ0n) is 10.2. The lowest BCUT2D eigenvalue weighted by atomic mass is 10.2. The van der Waals surface area contributed by atoms with Crippen LogP contribution in [0.2, 0.25) is 0 Å². The first-order valence-corrected chi connectivity index (χ1v) is 5.09. The highest BCUT2D eigenvalue weighted by Gasteiger charge is 2.10. The second-order valence-electron chi connectivity index (χ2n) is 3.79. The van der Waals surface area contributed by atoms with Crippen LogP contribution in [0.3, 0.4) is 0 Å². The fraction of sp³-hybridized carbons (Fsp3) is 0.600. The van der Waals surface area contributed by atoms with E-state index in [2.05, 4.69) is 15.4 Å². The number of nitrogens with one attached hydrogen (secondary N) is 1. The third-order valence-corrected chi connectivity index (χ3v) is 2.20. The van der Waals surface area contributed by atoms with Gasteiger partial charge in [-0.2, -0.15) is 5.10 Å². The van der Waals surface area contributed by atoms with Crippen molar-refractivity contribution < 1.29 is 5.11 Å². The Kier molecular flexibility index (Phi) is 4.30. The molecule has 0 bridgehead atoms. The van der Waals surface area contributed by atoms with Gasteiger partial charge in [0.2, 0.25) is 0 Å². The molecule has 0 aliphatic rings. The van der Waals surface area contributed by atoms with Crippen molar-refractivity contribution in [3.05, 3.63) is 18.0 Å². The predicted molar refractivity (Wildman–Crippen MR) is 63.2 cm³/mol. The molecule has 0 aromatic carbocycles. The number of aromatic nitrogens is 2. The summed E-state index contributed by atoms with van der Waals surface area (Å²) < 4.78 is 1.67. The maximum atomic E-state index is 9.87. The van der Waals surface area contributed by atoms with E-state index in [-0.39, 0.29) is 0 Å². The lowest BCUT2D eigenvalue weighted by Gasteiger charge is -2.18. The quantitative estimate of drug-likeness (QED) is 0.542. The molecule has 0 aliphatic heterocycles. The van der Waals surface area contributed by atoms with E-state index in [4.69, 9.17) is 0 Å². The normalized spacial score (nSPS) is 13.7. The number of aliphatic hydroxyl groups is 1. The van der Waals surface area contributed by atoms with Gasteiger partial charge in [-0.05, 0) is 0 Å². The van der Waals surface area contributed by atoms with Crippen LogP contribution in [-0.4, -0.2) is 53.4 Å². The Morgan fingerprint density at radius 1 is 1.69 bits per heavy atom. The number of hydrogen-bond acceptors (Lipinski definition) is 3. The van der Waals surface area contributed by atoms with Gasteiger partial charge >= 0.3 is 0 Å². The lowest BCUT2D eigenvalue weighted by Crippen LogP contribution is -2.38. The number of guanidine groups is 1. The standard InChI is InChI=1S/C10H19N5O/c1-11-10(14(2)3)12-6-9(16)8-5-13-15(4)7-8/h5,7,9,16H,6H2,1-4H3,(H,11,12). The van der Waals surface area contributed by atoms with Gasteiger partial charge in [-0.3, -0.25) is 9.67 Å². The molecule has 0 amide bonds. The van der Waals surface area contributed by atoms with E-state index < -0.39 is 6.10 Å². The van der Waals surface area contributed by atoms with E-state index in [0.29, 0.717) is 6.54 Å². The average Bonchev–Trinajstić information content (AvgIpc) is 2.65. The number of aliphatic imine (C=N–C) groups is 1. The number of nitrogens with zero attached hydrogens (tertiary/aromatic N) is 4. The predicted octanol–water partition coefficient (Wildman–Crippen LogP) is -0.409. The van der Waals surface area contributed by atoms with Crippen molar-refractivity contribution in [2.75, 3.05) is 27.7 Å². The summed E-state index contributed by atoms with van der Waals surface area (Å²) in [7, 11) is 7.32. The summed E-state index contributed by atoms with van der Waals surface area (Å²) in [5, 5.41) is 16.9. The van der Waals surface area contributed by atoms with Crippen LogP contribution in [0.5, 0.6) is 0 Å². The molecule has 1 unspecified atom stereocenters. The van der Waals surface area contributed by atoms with Crippen molar-refractivity contribution in [3.8, 4) is 0 Å². The summed E-state index contributed by atoms with van der Waals surface area (Å²) in [5.74, 6) is 0.739. The van der Waals surface area contributed by atoms with E-state index in [1.807, 2.05) is 26.0 Å². The zero-order chi connectivity index (χ0) is 12.1. The van der Waals surface area contributed by atoms with Gasteiger partial charge in [0.1, 0.15) is 0 Å². The molecular formula is C10H19N5O. The van der Waals surface area contributed by atoms with Crippen LogP contribution in [0.15, 0.2) is 17.4 Å². The summed E-state index contributed by atoms with van der Waals surface area (Å²) in [6, 6.07) is 0. The molecule has 0 fully saturated rings. The number of hydrogen-bond donors (Lipinski definition) is 2. The molecule has 1 heterocycles. The maximum Gasteiger partial charge on any atom is 0.193 e. The van der Waals surface area contributed by atoms with Crippen LogP contribution in [0.4, 0.5) is 0 Å². The van der Waals surface area contributed by atoms with Crippen molar-refractivity contribution in [1.29, 1.82) is 0 Å². The molecule has 6 heteroatoms. The van der Waals surface area contributed by atoms with E-state index in [0.717, 1.165) is 11.5 Å². The van der Waals surface area contributed by atoms with Gasteiger partial charge < -0.3 is 15.3 Å². The summed E-state index contributed by atoms with van der Waals surface area (Å²) in [6.45, 7) is 0.413. The number of aliphatic hydroxyl groups excluding tert-OH is 1. The highest BCUT2D eigenvalue weighted by Crippen LogP contribution is 2.09. The minimum absolute atomic E-state index is 0.413. The van der Waals surface area contributed by atoms with Crippen molar-refractivity contribution in [1.82, 2.24) is 20.0 Å². The molecule has 0 radical (unpaired) electrons. The molecular weight excluding hydrogens is 206 g/mol. The largest absolute Gasteiger partial charge is 0.386 e. The molecule has 0 saturated heterocycles. The third kappa shape index (κ3) is 3.23. The molecule has 90 valence electrons. The first kappa shape index (κ1) is 12.5. The van der Waals surface area contributed by atoms with Gasteiger partial charge in [0.25, 0.3) is 0 Å². The Morgan fingerprint density at radius 3 is 2.81 bits per heavy atom. The fourth-order valence-corrected chi connectivity index (χ4v) is 1.36. The average molecular weight is 225 g/mol. The van der Waals surface area contributed by atoms with E-state index in [9.17, 15) is 5.11 Å². The molecule has 1 atom stereocenters. The highest BCUT2D eigenvalue weighted by atomic mass is 16.3. The summed E-state index contributed by atoms with van der Waals surface area (Å²) in [6.07, 6.45) is 2.88. The Balaban J connectivity index is 2.50. The van der Waals surface area contributed by atoms with Crippen molar-refractivity contribution >= 4 is 5.96 Å². The monoisotopic (exact) mass is 225 g/mol. The summed E-state index contributed by atoms with van der Waals surface area (Å²) in [4.78, 5) is 5.92. The molecule has 16 heavy (non-hydrogen) atoms. The van der Waals surface area contributed by atoms with Crippen LogP contribution in [-0.2, 0) is 7.05 Å². The third-order valence-electron chi connectivity index (χ3n) is 2.20. The Hall–Kier alpha value is -1.56. The second kappa shape index (κ2) is 5.50. The molecule has 0 spiro atoms. The minimum atomic E-state index is -0.578. The maximum absolute atomic E-state index is 9.87. The smallest absolute Gasteiger partial charge is 0.193 e. The first-order chi connectivity index (χ1) is 7.54. The van der Waals surface area contributed by atoms with Gasteiger partial charge in [0.05, 0.1) is 12.3 Å². The van der Waals surface area contributed by atoms with Gasteiger partial charge in [-0.15, -0.1) is 0 Å². The summed E-state index contributed by atoms with van der Waals surface area (Å²) in [5.41, 5.74) is 0.796. The van der Waals surface area contributed by atoms with Crippen LogP contribution in [0.25, 0.3) is 0 Å². The Bertz CT molecular complexity index is 358. The minimum Gasteiger partial charge on any atom is -0.386 e. The van der Waals surface area contributed by atoms with Crippen LogP contribution in [0, 0.1) is 0 Å². The van der Waals surface area contributed by atoms with Crippen molar-refractivity contribution in [2.24, 2.45) is 12.0 Å². The van der Waals surface area contributed by atoms with Gasteiger partial charge in [-0.25, -0.2) is 0 Å². The molecule has 6 nitrogen and oxygen atoms in total. The summed E-state index contributed by atoms with van der Waals surface area (Å²) >= 11 is 0. The van der Waals surface area contributed by atoms with Crippen LogP contribution < -0.4 is 5.32 Å². The molecule has 1 aromatic rings. The highest BCUT2D eigenvalue weighted by molar-refractivity contribution is 5.79. The van der Waals surface area contributed by atoms with E-state index in [1.165, 1.54) is 0 Å².